The van der Waals surface area contributed by atoms with Gasteiger partial charge in [0.2, 0.25) is 0 Å². The zero-order valence-corrected chi connectivity index (χ0v) is 7.84. The molecule has 0 saturated carbocycles. The minimum absolute atomic E-state index is 0.116. The molecule has 1 atom stereocenters. The van der Waals surface area contributed by atoms with Gasteiger partial charge in [-0.25, -0.2) is 0 Å². The van der Waals surface area contributed by atoms with Gasteiger partial charge in [-0.15, -0.1) is 11.8 Å². The Morgan fingerprint density at radius 2 is 2.42 bits per heavy atom. The predicted molar refractivity (Wildman–Crippen MR) is 50.9 cm³/mol. The van der Waals surface area contributed by atoms with Crippen LogP contribution in [0.5, 0.6) is 0 Å². The van der Waals surface area contributed by atoms with Crippen LogP contribution in [0.3, 0.4) is 0 Å². The molecule has 0 radical (unpaired) electrons. The standard InChI is InChI=1S/C9H12O2S/c1-2-11-9(10)7-8-5-3-4-6-12-8/h3-6,8H,2,7H2,1H3. The summed E-state index contributed by atoms with van der Waals surface area (Å²) in [7, 11) is 0. The van der Waals surface area contributed by atoms with Crippen LogP contribution in [0.15, 0.2) is 23.6 Å². The van der Waals surface area contributed by atoms with Gasteiger partial charge in [-0.05, 0) is 12.3 Å². The molecule has 2 nitrogen and oxygen atoms in total. The minimum atomic E-state index is -0.116. The highest BCUT2D eigenvalue weighted by Gasteiger charge is 2.11. The third-order valence-corrected chi connectivity index (χ3v) is 2.43. The van der Waals surface area contributed by atoms with E-state index in [4.69, 9.17) is 4.74 Å². The van der Waals surface area contributed by atoms with Crippen molar-refractivity contribution >= 4 is 17.7 Å². The lowest BCUT2D eigenvalue weighted by Crippen LogP contribution is -2.11. The molecule has 0 bridgehead atoms. The molecular formula is C9H12O2S. The van der Waals surface area contributed by atoms with Crippen molar-refractivity contribution in [3.63, 3.8) is 0 Å². The zero-order chi connectivity index (χ0) is 8.81. The summed E-state index contributed by atoms with van der Waals surface area (Å²) in [6, 6.07) is 0. The molecule has 1 heterocycles. The average Bonchev–Trinajstić information content (AvgIpc) is 2.06. The first-order valence-electron chi connectivity index (χ1n) is 3.97. The SMILES string of the molecule is CCOC(=O)CC1C=CC=CS1. The number of rotatable bonds is 3. The first kappa shape index (κ1) is 9.39. The maximum absolute atomic E-state index is 11.0. The average molecular weight is 184 g/mol. The molecule has 1 unspecified atom stereocenters. The van der Waals surface area contributed by atoms with Gasteiger partial charge in [0.05, 0.1) is 13.0 Å². The van der Waals surface area contributed by atoms with Gasteiger partial charge in [-0.2, -0.15) is 0 Å². The molecule has 0 aromatic heterocycles. The van der Waals surface area contributed by atoms with Crippen molar-refractivity contribution in [2.24, 2.45) is 0 Å². The second kappa shape index (κ2) is 5.04. The summed E-state index contributed by atoms with van der Waals surface area (Å²) in [5.41, 5.74) is 0. The van der Waals surface area contributed by atoms with Gasteiger partial charge < -0.3 is 4.74 Å². The fourth-order valence-corrected chi connectivity index (χ4v) is 1.72. The Morgan fingerprint density at radius 3 is 3.00 bits per heavy atom. The maximum Gasteiger partial charge on any atom is 0.307 e. The Morgan fingerprint density at radius 1 is 1.58 bits per heavy atom. The molecule has 0 fully saturated rings. The Hall–Kier alpha value is -0.700. The summed E-state index contributed by atoms with van der Waals surface area (Å²) < 4.78 is 4.83. The number of allylic oxidation sites excluding steroid dienone is 2. The molecule has 0 aromatic carbocycles. The zero-order valence-electron chi connectivity index (χ0n) is 7.03. The van der Waals surface area contributed by atoms with E-state index in [-0.39, 0.29) is 11.2 Å². The lowest BCUT2D eigenvalue weighted by molar-refractivity contribution is -0.142. The lowest BCUT2D eigenvalue weighted by Gasteiger charge is -2.10. The molecule has 1 aliphatic heterocycles. The van der Waals surface area contributed by atoms with Crippen LogP contribution in [0.1, 0.15) is 13.3 Å². The van der Waals surface area contributed by atoms with E-state index in [1.165, 1.54) is 0 Å². The van der Waals surface area contributed by atoms with Crippen LogP contribution in [-0.2, 0) is 9.53 Å². The van der Waals surface area contributed by atoms with E-state index in [0.717, 1.165) is 0 Å². The van der Waals surface area contributed by atoms with Crippen molar-refractivity contribution in [1.82, 2.24) is 0 Å². The number of thioether (sulfide) groups is 1. The maximum atomic E-state index is 11.0. The molecule has 12 heavy (non-hydrogen) atoms. The van der Waals surface area contributed by atoms with Crippen LogP contribution >= 0.6 is 11.8 Å². The number of hydrogen-bond donors (Lipinski definition) is 0. The summed E-state index contributed by atoms with van der Waals surface area (Å²) in [4.78, 5) is 11.0. The summed E-state index contributed by atoms with van der Waals surface area (Å²) in [5.74, 6) is -0.116. The number of hydrogen-bond acceptors (Lipinski definition) is 3. The predicted octanol–water partition coefficient (Wildman–Crippen LogP) is 2.12. The summed E-state index contributed by atoms with van der Waals surface area (Å²) in [6.45, 7) is 2.29. The Bertz CT molecular complexity index is 209. The largest absolute Gasteiger partial charge is 0.466 e. The highest BCUT2D eigenvalue weighted by molar-refractivity contribution is 8.02. The van der Waals surface area contributed by atoms with Gasteiger partial charge in [0.25, 0.3) is 0 Å². The number of esters is 1. The third kappa shape index (κ3) is 3.13. The van der Waals surface area contributed by atoms with Gasteiger partial charge in [-0.1, -0.05) is 18.2 Å². The molecule has 0 aliphatic carbocycles. The molecule has 66 valence electrons. The van der Waals surface area contributed by atoms with E-state index in [9.17, 15) is 4.79 Å². The lowest BCUT2D eigenvalue weighted by atomic mass is 10.3. The number of carbonyl (C=O) groups is 1. The highest BCUT2D eigenvalue weighted by Crippen LogP contribution is 2.21. The molecule has 0 amide bonds. The Balaban J connectivity index is 2.27. The second-order valence-electron chi connectivity index (χ2n) is 2.40. The summed E-state index contributed by atoms with van der Waals surface area (Å²) in [6.07, 6.45) is 6.41. The van der Waals surface area contributed by atoms with E-state index >= 15 is 0 Å². The molecule has 3 heteroatoms. The van der Waals surface area contributed by atoms with Crippen LogP contribution in [-0.4, -0.2) is 17.8 Å². The van der Waals surface area contributed by atoms with Gasteiger partial charge in [0.1, 0.15) is 0 Å². The second-order valence-corrected chi connectivity index (χ2v) is 3.55. The van der Waals surface area contributed by atoms with E-state index in [1.54, 1.807) is 11.8 Å². The molecule has 0 N–H and O–H groups in total. The van der Waals surface area contributed by atoms with E-state index in [1.807, 2.05) is 30.6 Å². The first-order chi connectivity index (χ1) is 5.83. The fraction of sp³-hybridized carbons (Fsp3) is 0.444. The Labute approximate surface area is 76.7 Å². The van der Waals surface area contributed by atoms with Crippen molar-refractivity contribution in [2.45, 2.75) is 18.6 Å². The molecule has 0 spiro atoms. The van der Waals surface area contributed by atoms with Crippen LogP contribution in [0.4, 0.5) is 0 Å². The number of ether oxygens (including phenoxy) is 1. The van der Waals surface area contributed by atoms with E-state index in [0.29, 0.717) is 13.0 Å². The third-order valence-electron chi connectivity index (χ3n) is 1.44. The van der Waals surface area contributed by atoms with Crippen LogP contribution in [0.2, 0.25) is 0 Å². The van der Waals surface area contributed by atoms with Crippen molar-refractivity contribution in [3.05, 3.63) is 23.6 Å². The normalized spacial score (nSPS) is 20.9. The summed E-state index contributed by atoms with van der Waals surface area (Å²) in [5, 5.41) is 2.25. The topological polar surface area (TPSA) is 26.3 Å². The van der Waals surface area contributed by atoms with Gasteiger partial charge >= 0.3 is 5.97 Å². The van der Waals surface area contributed by atoms with Crippen molar-refractivity contribution in [3.8, 4) is 0 Å². The van der Waals surface area contributed by atoms with Crippen molar-refractivity contribution in [1.29, 1.82) is 0 Å². The monoisotopic (exact) mass is 184 g/mol. The molecule has 1 aliphatic rings. The van der Waals surface area contributed by atoms with Gasteiger partial charge in [-0.3, -0.25) is 4.79 Å². The van der Waals surface area contributed by atoms with E-state index < -0.39 is 0 Å². The van der Waals surface area contributed by atoms with Gasteiger partial charge in [0, 0.05) is 5.25 Å². The molecule has 1 rings (SSSR count). The molecule has 0 aromatic rings. The van der Waals surface area contributed by atoms with Crippen LogP contribution in [0, 0.1) is 0 Å². The minimum Gasteiger partial charge on any atom is -0.466 e. The van der Waals surface area contributed by atoms with E-state index in [2.05, 4.69) is 0 Å². The fourth-order valence-electron chi connectivity index (χ4n) is 0.925. The van der Waals surface area contributed by atoms with Crippen LogP contribution < -0.4 is 0 Å². The van der Waals surface area contributed by atoms with Gasteiger partial charge in [0.15, 0.2) is 0 Å². The number of carbonyl (C=O) groups excluding carboxylic acids is 1. The van der Waals surface area contributed by atoms with Crippen LogP contribution in [0.25, 0.3) is 0 Å². The summed E-state index contributed by atoms with van der Waals surface area (Å²) >= 11 is 1.65. The first-order valence-corrected chi connectivity index (χ1v) is 4.91. The smallest absolute Gasteiger partial charge is 0.307 e. The van der Waals surface area contributed by atoms with Crippen molar-refractivity contribution < 1.29 is 9.53 Å². The molecule has 0 saturated heterocycles. The molecular weight excluding hydrogens is 172 g/mol. The highest BCUT2D eigenvalue weighted by atomic mass is 32.2. The Kier molecular flexibility index (Phi) is 3.94. The van der Waals surface area contributed by atoms with Crippen molar-refractivity contribution in [2.75, 3.05) is 6.61 Å². The quantitative estimate of drug-likeness (QED) is 0.628.